The van der Waals surface area contributed by atoms with Crippen molar-refractivity contribution < 1.29 is 39.9 Å². The molecule has 4 rings (SSSR count). The molecule has 4 aliphatic rings. The third-order valence-corrected chi connectivity index (χ3v) is 7.11. The van der Waals surface area contributed by atoms with Gasteiger partial charge in [0.05, 0.1) is 12.2 Å². The molecule has 156 valence electrons. The molecule has 0 saturated heterocycles. The Hall–Kier alpha value is -2.49. The van der Waals surface area contributed by atoms with Crippen molar-refractivity contribution in [2.45, 2.75) is 37.6 Å². The van der Waals surface area contributed by atoms with Gasteiger partial charge >= 0.3 is 0 Å². The van der Waals surface area contributed by atoms with Crippen molar-refractivity contribution in [1.82, 2.24) is 0 Å². The molecular weight excluding hydrogens is 382 g/mol. The number of fused-ring (bicyclic) bond motifs is 3. The second kappa shape index (κ2) is 6.25. The highest BCUT2D eigenvalue weighted by molar-refractivity contribution is 6.23. The van der Waals surface area contributed by atoms with Crippen molar-refractivity contribution >= 4 is 17.5 Å². The number of carbonyl (C=O) groups is 3. The van der Waals surface area contributed by atoms with E-state index < -0.39 is 64.7 Å². The summed E-state index contributed by atoms with van der Waals surface area (Å²) in [6.45, 7) is 1.75. The Balaban J connectivity index is 1.92. The van der Waals surface area contributed by atoms with Gasteiger partial charge in [-0.2, -0.15) is 0 Å². The van der Waals surface area contributed by atoms with Crippen molar-refractivity contribution in [2.24, 2.45) is 35.3 Å². The zero-order valence-electron chi connectivity index (χ0n) is 15.6. The monoisotopic (exact) mass is 405 g/mol. The van der Waals surface area contributed by atoms with Crippen LogP contribution in [0.4, 0.5) is 0 Å². The van der Waals surface area contributed by atoms with Crippen LogP contribution in [-0.2, 0) is 14.4 Å². The van der Waals surface area contributed by atoms with Gasteiger partial charge in [-0.05, 0) is 30.8 Å². The third kappa shape index (κ3) is 2.35. The first kappa shape index (κ1) is 19.8. The normalized spacial score (nSPS) is 44.3. The number of hydrogen-bond acceptors (Lipinski definition) is 8. The number of ketones is 2. The molecule has 7 N–H and O–H groups in total. The van der Waals surface area contributed by atoms with E-state index >= 15 is 0 Å². The molecule has 1 amide bonds. The van der Waals surface area contributed by atoms with Crippen molar-refractivity contribution in [2.75, 3.05) is 0 Å². The van der Waals surface area contributed by atoms with E-state index in [-0.39, 0.29) is 29.2 Å². The number of nitrogens with two attached hydrogens (primary N) is 1. The van der Waals surface area contributed by atoms with E-state index in [2.05, 4.69) is 0 Å². The van der Waals surface area contributed by atoms with Gasteiger partial charge < -0.3 is 31.3 Å². The minimum atomic E-state index is -2.80. The smallest absolute Gasteiger partial charge is 0.230 e. The highest BCUT2D eigenvalue weighted by atomic mass is 16.3. The van der Waals surface area contributed by atoms with Crippen molar-refractivity contribution in [3.05, 3.63) is 34.8 Å². The first-order valence-corrected chi connectivity index (χ1v) is 9.53. The van der Waals surface area contributed by atoms with E-state index in [1.165, 1.54) is 6.08 Å². The summed E-state index contributed by atoms with van der Waals surface area (Å²) >= 11 is 0. The maximum absolute atomic E-state index is 13.3. The van der Waals surface area contributed by atoms with Crippen molar-refractivity contribution in [1.29, 1.82) is 0 Å². The predicted molar refractivity (Wildman–Crippen MR) is 97.0 cm³/mol. The Labute approximate surface area is 165 Å². The van der Waals surface area contributed by atoms with Crippen molar-refractivity contribution in [3.8, 4) is 0 Å². The van der Waals surface area contributed by atoms with Crippen LogP contribution in [0.3, 0.4) is 0 Å². The number of rotatable bonds is 1. The van der Waals surface area contributed by atoms with E-state index in [0.717, 1.165) is 0 Å². The average Bonchev–Trinajstić information content (AvgIpc) is 2.65. The average molecular weight is 405 g/mol. The van der Waals surface area contributed by atoms with Crippen LogP contribution in [0.2, 0.25) is 0 Å². The van der Waals surface area contributed by atoms with E-state index in [1.54, 1.807) is 13.0 Å². The lowest BCUT2D eigenvalue weighted by Gasteiger charge is -2.53. The van der Waals surface area contributed by atoms with Gasteiger partial charge in [0.2, 0.25) is 11.7 Å². The molecule has 2 fully saturated rings. The molecule has 0 spiro atoms. The van der Waals surface area contributed by atoms with Gasteiger partial charge in [-0.3, -0.25) is 14.4 Å². The minimum absolute atomic E-state index is 0.128. The molecule has 0 bridgehead atoms. The lowest BCUT2D eigenvalue weighted by Crippen LogP contribution is -2.71. The number of Topliss-reactive ketones (excluding diaryl/α,β-unsaturated/α-hetero) is 2. The standard InChI is InChI=1S/C20H23NO8/c1-6-7-3-2-4-9(22)12(7)16(25)14-11(6)15(24)8-5-10(23)13(19(21)28)17(26)20(8,29)18(14)27/h2,4,6-8,10-11,13,15,22-25,29H,3,5H2,1H3,(H2,21,28). The summed E-state index contributed by atoms with van der Waals surface area (Å²) in [6, 6.07) is 0. The van der Waals surface area contributed by atoms with Crippen LogP contribution in [-0.4, -0.2) is 60.8 Å². The molecule has 2 saturated carbocycles. The largest absolute Gasteiger partial charge is 0.508 e. The fourth-order valence-electron chi connectivity index (χ4n) is 5.66. The molecule has 4 aliphatic carbocycles. The zero-order valence-corrected chi connectivity index (χ0v) is 15.6. The van der Waals surface area contributed by atoms with Crippen LogP contribution in [0.25, 0.3) is 0 Å². The summed E-state index contributed by atoms with van der Waals surface area (Å²) in [5.41, 5.74) is 2.17. The van der Waals surface area contributed by atoms with Crippen LogP contribution in [0, 0.1) is 29.6 Å². The Bertz CT molecular complexity index is 917. The number of carbonyl (C=O) groups excluding carboxylic acids is 3. The quantitative estimate of drug-likeness (QED) is 0.306. The molecule has 9 heteroatoms. The molecule has 9 nitrogen and oxygen atoms in total. The predicted octanol–water partition coefficient (Wildman–Crippen LogP) is -0.821. The first-order valence-electron chi connectivity index (χ1n) is 9.53. The highest BCUT2D eigenvalue weighted by Gasteiger charge is 2.68. The Morgan fingerprint density at radius 2 is 1.86 bits per heavy atom. The summed E-state index contributed by atoms with van der Waals surface area (Å²) in [5.74, 6) is -9.23. The van der Waals surface area contributed by atoms with Gasteiger partial charge in [0.1, 0.15) is 17.4 Å². The Morgan fingerprint density at radius 3 is 2.48 bits per heavy atom. The number of aliphatic hydroxyl groups excluding tert-OH is 4. The summed E-state index contributed by atoms with van der Waals surface area (Å²) in [4.78, 5) is 37.9. The highest BCUT2D eigenvalue weighted by Crippen LogP contribution is 2.55. The van der Waals surface area contributed by atoms with Gasteiger partial charge in [0.15, 0.2) is 11.4 Å². The molecule has 0 aromatic carbocycles. The van der Waals surface area contributed by atoms with Gasteiger partial charge in [0, 0.05) is 23.0 Å². The molecule has 0 aromatic heterocycles. The van der Waals surface area contributed by atoms with Crippen LogP contribution < -0.4 is 5.73 Å². The topological polar surface area (TPSA) is 178 Å². The zero-order chi connectivity index (χ0) is 21.4. The van der Waals surface area contributed by atoms with E-state index in [1.807, 2.05) is 0 Å². The van der Waals surface area contributed by atoms with Crippen molar-refractivity contribution in [3.63, 3.8) is 0 Å². The summed E-state index contributed by atoms with van der Waals surface area (Å²) in [7, 11) is 0. The maximum Gasteiger partial charge on any atom is 0.230 e. The van der Waals surface area contributed by atoms with Crippen LogP contribution in [0.5, 0.6) is 0 Å². The lowest BCUT2D eigenvalue weighted by molar-refractivity contribution is -0.188. The van der Waals surface area contributed by atoms with Gasteiger partial charge in [0.25, 0.3) is 0 Å². The van der Waals surface area contributed by atoms with E-state index in [0.29, 0.717) is 6.42 Å². The molecule has 29 heavy (non-hydrogen) atoms. The van der Waals surface area contributed by atoms with Gasteiger partial charge in [-0.1, -0.05) is 13.0 Å². The van der Waals surface area contributed by atoms with Crippen LogP contribution in [0.1, 0.15) is 19.8 Å². The number of allylic oxidation sites excluding steroid dienone is 3. The fraction of sp³-hybridized carbons (Fsp3) is 0.550. The lowest BCUT2D eigenvalue weighted by atomic mass is 9.52. The molecule has 0 heterocycles. The summed E-state index contributed by atoms with van der Waals surface area (Å²) < 4.78 is 0. The Morgan fingerprint density at radius 1 is 1.21 bits per heavy atom. The molecule has 0 aromatic rings. The number of hydrogen-bond donors (Lipinski definition) is 6. The molecule has 8 unspecified atom stereocenters. The van der Waals surface area contributed by atoms with Crippen LogP contribution >= 0.6 is 0 Å². The van der Waals surface area contributed by atoms with E-state index in [4.69, 9.17) is 5.73 Å². The number of aliphatic hydroxyl groups is 5. The molecular formula is C20H23NO8. The van der Waals surface area contributed by atoms with Gasteiger partial charge in [-0.25, -0.2) is 0 Å². The first-order chi connectivity index (χ1) is 13.5. The van der Waals surface area contributed by atoms with Gasteiger partial charge in [-0.15, -0.1) is 0 Å². The summed E-state index contributed by atoms with van der Waals surface area (Å²) in [5, 5.41) is 53.5. The molecule has 8 atom stereocenters. The maximum atomic E-state index is 13.3. The second-order valence-corrected chi connectivity index (χ2v) is 8.43. The van der Waals surface area contributed by atoms with E-state index in [9.17, 15) is 39.9 Å². The molecule has 0 aliphatic heterocycles. The SMILES string of the molecule is CC1C2CC=CC(O)=C2C(O)=C2C(=O)C3(O)C(=O)C(C(N)=O)C(O)CC3C(O)C21. The summed E-state index contributed by atoms with van der Waals surface area (Å²) in [6.07, 6.45) is 0.225. The minimum Gasteiger partial charge on any atom is -0.508 e. The Kier molecular flexibility index (Phi) is 4.27. The molecule has 0 radical (unpaired) electrons. The third-order valence-electron chi connectivity index (χ3n) is 7.11. The number of amides is 1. The fourth-order valence-corrected chi connectivity index (χ4v) is 5.66. The number of primary amides is 1. The second-order valence-electron chi connectivity index (χ2n) is 8.43. The van der Waals surface area contributed by atoms with Crippen LogP contribution in [0.15, 0.2) is 34.8 Å².